The first-order valence-corrected chi connectivity index (χ1v) is 8.08. The van der Waals surface area contributed by atoms with Gasteiger partial charge >= 0.3 is 0 Å². The topological polar surface area (TPSA) is 68.1 Å². The van der Waals surface area contributed by atoms with E-state index in [0.717, 1.165) is 33.8 Å². The molecular formula is C15H21N3O2S. The van der Waals surface area contributed by atoms with Gasteiger partial charge in [0.1, 0.15) is 0 Å². The van der Waals surface area contributed by atoms with Crippen LogP contribution in [0, 0.1) is 17.0 Å². The molecule has 0 aliphatic rings. The molecule has 0 saturated heterocycles. The van der Waals surface area contributed by atoms with Crippen LogP contribution < -0.4 is 5.32 Å². The molecule has 2 unspecified atom stereocenters. The normalized spacial score (nSPS) is 14.3. The molecule has 0 amide bonds. The molecule has 0 radical (unpaired) electrons. The molecule has 2 aromatic rings. The van der Waals surface area contributed by atoms with Crippen molar-refractivity contribution in [3.8, 4) is 0 Å². The van der Waals surface area contributed by atoms with E-state index < -0.39 is 0 Å². The van der Waals surface area contributed by atoms with Gasteiger partial charge in [0.25, 0.3) is 5.69 Å². The van der Waals surface area contributed by atoms with Gasteiger partial charge in [-0.05, 0) is 32.9 Å². The Morgan fingerprint density at radius 3 is 2.71 bits per heavy atom. The third-order valence-corrected chi connectivity index (χ3v) is 4.74. The van der Waals surface area contributed by atoms with Gasteiger partial charge in [0, 0.05) is 23.6 Å². The largest absolute Gasteiger partial charge is 0.314 e. The Morgan fingerprint density at radius 2 is 2.14 bits per heavy atom. The summed E-state index contributed by atoms with van der Waals surface area (Å²) in [6.07, 6.45) is 0.851. The van der Waals surface area contributed by atoms with Gasteiger partial charge < -0.3 is 5.32 Å². The molecule has 2 rings (SSSR count). The van der Waals surface area contributed by atoms with E-state index in [1.54, 1.807) is 6.07 Å². The van der Waals surface area contributed by atoms with Gasteiger partial charge in [0.05, 0.1) is 20.1 Å². The fraction of sp³-hybridized carbons (Fsp3) is 0.533. The van der Waals surface area contributed by atoms with E-state index in [1.807, 2.05) is 19.9 Å². The Morgan fingerprint density at radius 1 is 1.43 bits per heavy atom. The lowest BCUT2D eigenvalue weighted by Gasteiger charge is -2.23. The van der Waals surface area contributed by atoms with Crippen molar-refractivity contribution in [2.45, 2.75) is 46.1 Å². The van der Waals surface area contributed by atoms with Crippen LogP contribution in [0.1, 0.15) is 43.7 Å². The zero-order valence-corrected chi connectivity index (χ0v) is 13.7. The molecule has 0 saturated carbocycles. The standard InChI is InChI=1S/C15H21N3O2S/c1-5-11(9(3)16-6-2)12-7-13-15(21-10(4)17-13)8-14(12)18(19)20/h7-9,11,16H,5-6H2,1-4H3. The lowest BCUT2D eigenvalue weighted by atomic mass is 9.88. The predicted octanol–water partition coefficient (Wildman–Crippen LogP) is 4.00. The number of nitrogens with zero attached hydrogens (tertiary/aromatic N) is 2. The lowest BCUT2D eigenvalue weighted by molar-refractivity contribution is -0.385. The maximum Gasteiger partial charge on any atom is 0.274 e. The van der Waals surface area contributed by atoms with Gasteiger partial charge in [-0.1, -0.05) is 13.8 Å². The van der Waals surface area contributed by atoms with Crippen LogP contribution in [0.3, 0.4) is 0 Å². The van der Waals surface area contributed by atoms with Crippen molar-refractivity contribution in [1.82, 2.24) is 10.3 Å². The minimum Gasteiger partial charge on any atom is -0.314 e. The maximum atomic E-state index is 11.4. The summed E-state index contributed by atoms with van der Waals surface area (Å²) in [6.45, 7) is 8.97. The molecule has 1 aromatic heterocycles. The summed E-state index contributed by atoms with van der Waals surface area (Å²) in [4.78, 5) is 15.6. The number of benzene rings is 1. The number of fused-ring (bicyclic) bond motifs is 1. The molecule has 0 bridgehead atoms. The molecule has 114 valence electrons. The molecule has 21 heavy (non-hydrogen) atoms. The number of aryl methyl sites for hydroxylation is 1. The zero-order chi connectivity index (χ0) is 15.6. The number of nitro groups is 1. The monoisotopic (exact) mass is 307 g/mol. The summed E-state index contributed by atoms with van der Waals surface area (Å²) in [5.41, 5.74) is 1.86. The molecular weight excluding hydrogens is 286 g/mol. The first kappa shape index (κ1) is 15.9. The van der Waals surface area contributed by atoms with Crippen molar-refractivity contribution < 1.29 is 4.92 Å². The minimum absolute atomic E-state index is 0.108. The van der Waals surface area contributed by atoms with Crippen LogP contribution >= 0.6 is 11.3 Å². The van der Waals surface area contributed by atoms with E-state index in [2.05, 4.69) is 24.1 Å². The van der Waals surface area contributed by atoms with Gasteiger partial charge in [-0.15, -0.1) is 11.3 Å². The Labute approximate surface area is 128 Å². The summed E-state index contributed by atoms with van der Waals surface area (Å²) in [5, 5.41) is 15.8. The molecule has 1 aromatic carbocycles. The van der Waals surface area contributed by atoms with Gasteiger partial charge in [-0.3, -0.25) is 10.1 Å². The molecule has 6 heteroatoms. The van der Waals surface area contributed by atoms with E-state index in [-0.39, 0.29) is 22.6 Å². The number of aromatic nitrogens is 1. The second-order valence-corrected chi connectivity index (χ2v) is 6.46. The molecule has 1 N–H and O–H groups in total. The number of hydrogen-bond donors (Lipinski definition) is 1. The Hall–Kier alpha value is -1.53. The van der Waals surface area contributed by atoms with Crippen LogP contribution in [-0.4, -0.2) is 22.5 Å². The zero-order valence-electron chi connectivity index (χ0n) is 12.8. The Bertz CT molecular complexity index is 654. The van der Waals surface area contributed by atoms with Gasteiger partial charge in [0.15, 0.2) is 0 Å². The smallest absolute Gasteiger partial charge is 0.274 e. The molecule has 2 atom stereocenters. The van der Waals surface area contributed by atoms with Crippen LogP contribution in [0.5, 0.6) is 0 Å². The van der Waals surface area contributed by atoms with Gasteiger partial charge in [0.2, 0.25) is 0 Å². The van der Waals surface area contributed by atoms with Gasteiger partial charge in [-0.25, -0.2) is 4.98 Å². The van der Waals surface area contributed by atoms with Crippen molar-refractivity contribution in [2.75, 3.05) is 6.54 Å². The second kappa shape index (κ2) is 6.49. The van der Waals surface area contributed by atoms with E-state index in [9.17, 15) is 10.1 Å². The van der Waals surface area contributed by atoms with Crippen LogP contribution in [0.25, 0.3) is 10.2 Å². The summed E-state index contributed by atoms with van der Waals surface area (Å²) in [7, 11) is 0. The highest BCUT2D eigenvalue weighted by Gasteiger charge is 2.26. The van der Waals surface area contributed by atoms with Crippen molar-refractivity contribution in [2.24, 2.45) is 0 Å². The average molecular weight is 307 g/mol. The van der Waals surface area contributed by atoms with E-state index in [1.165, 1.54) is 11.3 Å². The van der Waals surface area contributed by atoms with Crippen molar-refractivity contribution >= 4 is 27.2 Å². The number of nitrogens with one attached hydrogen (secondary N) is 1. The highest BCUT2D eigenvalue weighted by molar-refractivity contribution is 7.18. The SMILES string of the molecule is CCNC(C)C(CC)c1cc2nc(C)sc2cc1[N+](=O)[O-]. The quantitative estimate of drug-likeness (QED) is 0.647. The molecule has 1 heterocycles. The number of rotatable bonds is 6. The number of thiazole rings is 1. The number of likely N-dealkylation sites (N-methyl/N-ethyl adjacent to an activating group) is 1. The van der Waals surface area contributed by atoms with E-state index >= 15 is 0 Å². The second-order valence-electron chi connectivity index (χ2n) is 5.23. The summed E-state index contributed by atoms with van der Waals surface area (Å²) in [6, 6.07) is 3.77. The fourth-order valence-electron chi connectivity index (χ4n) is 2.86. The third-order valence-electron chi connectivity index (χ3n) is 3.81. The third kappa shape index (κ3) is 3.22. The molecule has 0 fully saturated rings. The Kier molecular flexibility index (Phi) is 4.90. The molecule has 5 nitrogen and oxygen atoms in total. The predicted molar refractivity (Wildman–Crippen MR) is 87.2 cm³/mol. The van der Waals surface area contributed by atoms with E-state index in [4.69, 9.17) is 0 Å². The van der Waals surface area contributed by atoms with Gasteiger partial charge in [-0.2, -0.15) is 0 Å². The van der Waals surface area contributed by atoms with Crippen LogP contribution in [0.4, 0.5) is 5.69 Å². The van der Waals surface area contributed by atoms with Crippen LogP contribution in [0.2, 0.25) is 0 Å². The van der Waals surface area contributed by atoms with Crippen molar-refractivity contribution in [3.63, 3.8) is 0 Å². The Balaban J connectivity index is 2.57. The average Bonchev–Trinajstić information content (AvgIpc) is 2.78. The molecule has 0 aliphatic carbocycles. The molecule has 0 spiro atoms. The summed E-state index contributed by atoms with van der Waals surface area (Å²) < 4.78 is 0.883. The fourth-order valence-corrected chi connectivity index (χ4v) is 3.70. The van der Waals surface area contributed by atoms with Crippen LogP contribution in [-0.2, 0) is 0 Å². The molecule has 0 aliphatic heterocycles. The lowest BCUT2D eigenvalue weighted by Crippen LogP contribution is -2.32. The maximum absolute atomic E-state index is 11.4. The number of nitro benzene ring substituents is 1. The first-order valence-electron chi connectivity index (χ1n) is 7.26. The van der Waals surface area contributed by atoms with E-state index in [0.29, 0.717) is 0 Å². The van der Waals surface area contributed by atoms with Crippen LogP contribution in [0.15, 0.2) is 12.1 Å². The number of hydrogen-bond acceptors (Lipinski definition) is 5. The summed E-state index contributed by atoms with van der Waals surface area (Å²) in [5.74, 6) is 0.108. The summed E-state index contributed by atoms with van der Waals surface area (Å²) >= 11 is 1.50. The minimum atomic E-state index is -0.273. The van der Waals surface area contributed by atoms with Crippen molar-refractivity contribution in [1.29, 1.82) is 0 Å². The van der Waals surface area contributed by atoms with Crippen molar-refractivity contribution in [3.05, 3.63) is 32.8 Å². The highest BCUT2D eigenvalue weighted by atomic mass is 32.1. The highest BCUT2D eigenvalue weighted by Crippen LogP contribution is 2.36. The first-order chi connectivity index (χ1) is 9.97.